The number of hydrogen-bond acceptors (Lipinski definition) is 3. The van der Waals surface area contributed by atoms with Gasteiger partial charge in [0.2, 0.25) is 0 Å². The predicted octanol–water partition coefficient (Wildman–Crippen LogP) is 4.90. The van der Waals surface area contributed by atoms with Crippen molar-refractivity contribution in [3.05, 3.63) is 53.3 Å². The number of halogens is 2. The minimum absolute atomic E-state index is 0.278. The van der Waals surface area contributed by atoms with E-state index in [9.17, 15) is 4.39 Å². The molecule has 0 atom stereocenters. The van der Waals surface area contributed by atoms with Crippen LogP contribution in [0.15, 0.2) is 42.5 Å². The van der Waals surface area contributed by atoms with Gasteiger partial charge in [0.25, 0.3) is 0 Å². The topological polar surface area (TPSA) is 37.0 Å². The van der Waals surface area contributed by atoms with E-state index in [0.29, 0.717) is 15.3 Å². The van der Waals surface area contributed by atoms with Crippen LogP contribution < -0.4 is 10.6 Å². The van der Waals surface area contributed by atoms with Crippen LogP contribution in [0.3, 0.4) is 0 Å². The van der Waals surface area contributed by atoms with Gasteiger partial charge in [0.05, 0.1) is 10.2 Å². The van der Waals surface area contributed by atoms with Crippen LogP contribution in [0.5, 0.6) is 0 Å². The van der Waals surface area contributed by atoms with Crippen molar-refractivity contribution in [1.29, 1.82) is 0 Å². The molecule has 3 nitrogen and oxygen atoms in total. The van der Waals surface area contributed by atoms with Gasteiger partial charge in [-0.2, -0.15) is 0 Å². The summed E-state index contributed by atoms with van der Waals surface area (Å²) in [6.45, 7) is 0. The number of anilines is 2. The van der Waals surface area contributed by atoms with Crippen LogP contribution in [-0.4, -0.2) is 10.1 Å². The summed E-state index contributed by atoms with van der Waals surface area (Å²) in [5.74, 6) is -0.278. The van der Waals surface area contributed by atoms with E-state index in [0.717, 1.165) is 15.9 Å². The lowest BCUT2D eigenvalue weighted by Gasteiger charge is -2.07. The summed E-state index contributed by atoms with van der Waals surface area (Å²) >= 11 is 12.4. The maximum Gasteiger partial charge on any atom is 0.190 e. The normalized spacial score (nSPS) is 10.6. The fourth-order valence-electron chi connectivity index (χ4n) is 1.74. The Morgan fingerprint density at radius 1 is 1.14 bits per heavy atom. The highest BCUT2D eigenvalue weighted by atomic mass is 35.5. The first-order valence-electron chi connectivity index (χ1n) is 6.00. The molecule has 0 bridgehead atoms. The quantitative estimate of drug-likeness (QED) is 0.652. The summed E-state index contributed by atoms with van der Waals surface area (Å²) < 4.78 is 13.9. The maximum absolute atomic E-state index is 13.1. The molecular formula is C14H9ClFN3S2. The molecule has 106 valence electrons. The molecule has 0 aliphatic heterocycles. The molecule has 3 aromatic rings. The van der Waals surface area contributed by atoms with Crippen molar-refractivity contribution in [2.45, 2.75) is 0 Å². The van der Waals surface area contributed by atoms with E-state index < -0.39 is 0 Å². The van der Waals surface area contributed by atoms with E-state index in [-0.39, 0.29) is 5.82 Å². The van der Waals surface area contributed by atoms with Crippen LogP contribution in [0.4, 0.5) is 15.2 Å². The van der Waals surface area contributed by atoms with Gasteiger partial charge in [-0.05, 0) is 54.7 Å². The molecule has 1 aromatic heterocycles. The number of fused-ring (bicyclic) bond motifs is 1. The van der Waals surface area contributed by atoms with Crippen LogP contribution in [0.1, 0.15) is 0 Å². The second kappa shape index (κ2) is 5.93. The van der Waals surface area contributed by atoms with Gasteiger partial charge < -0.3 is 10.6 Å². The van der Waals surface area contributed by atoms with Gasteiger partial charge in [0, 0.05) is 10.7 Å². The van der Waals surface area contributed by atoms with Gasteiger partial charge in [-0.25, -0.2) is 9.37 Å². The van der Waals surface area contributed by atoms with Crippen LogP contribution in [0.25, 0.3) is 10.2 Å². The van der Waals surface area contributed by atoms with Crippen LogP contribution >= 0.6 is 35.2 Å². The van der Waals surface area contributed by atoms with Crippen LogP contribution in [-0.2, 0) is 0 Å². The fraction of sp³-hybridized carbons (Fsp3) is 0. The average Bonchev–Trinajstić information content (AvgIpc) is 2.82. The number of hydrogen-bond donors (Lipinski definition) is 2. The number of rotatable bonds is 2. The number of nitrogens with one attached hydrogen (secondary N) is 2. The molecule has 3 rings (SSSR count). The van der Waals surface area contributed by atoms with Gasteiger partial charge >= 0.3 is 0 Å². The van der Waals surface area contributed by atoms with E-state index >= 15 is 0 Å². The Labute approximate surface area is 134 Å². The highest BCUT2D eigenvalue weighted by molar-refractivity contribution is 7.80. The lowest BCUT2D eigenvalue weighted by Crippen LogP contribution is -2.18. The Balaban J connectivity index is 1.72. The third kappa shape index (κ3) is 3.47. The van der Waals surface area contributed by atoms with Gasteiger partial charge in [-0.1, -0.05) is 22.9 Å². The minimum Gasteiger partial charge on any atom is -0.332 e. The van der Waals surface area contributed by atoms with Crippen LogP contribution in [0, 0.1) is 5.82 Å². The zero-order valence-corrected chi connectivity index (χ0v) is 13.0. The van der Waals surface area contributed by atoms with E-state index in [1.165, 1.54) is 23.5 Å². The highest BCUT2D eigenvalue weighted by Gasteiger charge is 2.06. The molecule has 0 unspecified atom stereocenters. The molecular weight excluding hydrogens is 329 g/mol. The summed E-state index contributed by atoms with van der Waals surface area (Å²) in [5.41, 5.74) is 1.56. The van der Waals surface area contributed by atoms with Crippen molar-refractivity contribution in [1.82, 2.24) is 4.98 Å². The van der Waals surface area contributed by atoms with Crippen molar-refractivity contribution in [3.8, 4) is 0 Å². The van der Waals surface area contributed by atoms with Crippen LogP contribution in [0.2, 0.25) is 5.02 Å². The van der Waals surface area contributed by atoms with E-state index in [4.69, 9.17) is 23.8 Å². The average molecular weight is 338 g/mol. The Morgan fingerprint density at radius 3 is 2.67 bits per heavy atom. The van der Waals surface area contributed by atoms with Gasteiger partial charge in [-0.3, -0.25) is 0 Å². The highest BCUT2D eigenvalue weighted by Crippen LogP contribution is 2.26. The number of nitrogens with zero attached hydrogens (tertiary/aromatic N) is 1. The van der Waals surface area contributed by atoms with E-state index in [1.807, 2.05) is 12.1 Å². The second-order valence-corrected chi connectivity index (χ2v) is 6.09. The SMILES string of the molecule is Fc1ccc2nc(NC(=S)Nc3ccc(Cl)cc3)sc2c1. The predicted molar refractivity (Wildman–Crippen MR) is 90.9 cm³/mol. The molecule has 0 amide bonds. The van der Waals surface area contributed by atoms with Crippen molar-refractivity contribution in [2.24, 2.45) is 0 Å². The first-order valence-corrected chi connectivity index (χ1v) is 7.60. The number of thiocarbonyl (C=S) groups is 1. The molecule has 0 aliphatic carbocycles. The second-order valence-electron chi connectivity index (χ2n) is 4.22. The Hall–Kier alpha value is -1.76. The molecule has 2 aromatic carbocycles. The number of aromatic nitrogens is 1. The van der Waals surface area contributed by atoms with Gasteiger partial charge in [0.1, 0.15) is 5.82 Å². The zero-order valence-electron chi connectivity index (χ0n) is 10.6. The Kier molecular flexibility index (Phi) is 4.01. The maximum atomic E-state index is 13.1. The summed E-state index contributed by atoms with van der Waals surface area (Å²) in [6.07, 6.45) is 0. The molecule has 0 saturated carbocycles. The summed E-state index contributed by atoms with van der Waals surface area (Å²) in [6, 6.07) is 11.7. The summed E-state index contributed by atoms with van der Waals surface area (Å²) in [5, 5.41) is 7.70. The van der Waals surface area contributed by atoms with Gasteiger partial charge in [0.15, 0.2) is 10.2 Å². The molecule has 0 spiro atoms. The van der Waals surface area contributed by atoms with Crippen molar-refractivity contribution >= 4 is 61.3 Å². The molecule has 0 fully saturated rings. The van der Waals surface area contributed by atoms with Crippen molar-refractivity contribution in [2.75, 3.05) is 10.6 Å². The monoisotopic (exact) mass is 337 g/mol. The first-order chi connectivity index (χ1) is 10.1. The standard InChI is InChI=1S/C14H9ClFN3S2/c15-8-1-4-10(5-2-8)17-13(20)19-14-18-11-6-3-9(16)7-12(11)21-14/h1-7H,(H2,17,18,19,20). The molecule has 0 saturated heterocycles. The summed E-state index contributed by atoms with van der Waals surface area (Å²) in [4.78, 5) is 4.34. The smallest absolute Gasteiger partial charge is 0.190 e. The third-order valence-corrected chi connectivity index (χ3v) is 4.06. The molecule has 1 heterocycles. The van der Waals surface area contributed by atoms with Crippen molar-refractivity contribution in [3.63, 3.8) is 0 Å². The number of benzene rings is 2. The minimum atomic E-state index is -0.278. The molecule has 2 N–H and O–H groups in total. The largest absolute Gasteiger partial charge is 0.332 e. The summed E-state index contributed by atoms with van der Waals surface area (Å²) in [7, 11) is 0. The molecule has 7 heteroatoms. The lowest BCUT2D eigenvalue weighted by atomic mass is 10.3. The Morgan fingerprint density at radius 2 is 1.90 bits per heavy atom. The first kappa shape index (κ1) is 14.2. The lowest BCUT2D eigenvalue weighted by molar-refractivity contribution is 0.630. The molecule has 0 aliphatic rings. The van der Waals surface area contributed by atoms with Crippen molar-refractivity contribution < 1.29 is 4.39 Å². The molecule has 21 heavy (non-hydrogen) atoms. The molecule has 0 radical (unpaired) electrons. The zero-order chi connectivity index (χ0) is 14.8. The third-order valence-electron chi connectivity index (χ3n) is 2.67. The Bertz CT molecular complexity index is 802. The van der Waals surface area contributed by atoms with E-state index in [1.54, 1.807) is 18.2 Å². The fourth-order valence-corrected chi connectivity index (χ4v) is 3.04. The van der Waals surface area contributed by atoms with E-state index in [2.05, 4.69) is 15.6 Å². The van der Waals surface area contributed by atoms with Gasteiger partial charge in [-0.15, -0.1) is 0 Å². The number of thiazole rings is 1.